The van der Waals surface area contributed by atoms with E-state index in [4.69, 9.17) is 14.0 Å². The average Bonchev–Trinajstić information content (AvgIpc) is 3.23. The summed E-state index contributed by atoms with van der Waals surface area (Å²) < 4.78 is 16.0. The number of methoxy groups -OCH3 is 1. The van der Waals surface area contributed by atoms with Crippen molar-refractivity contribution in [2.75, 3.05) is 13.7 Å². The molecule has 0 spiro atoms. The molecule has 0 fully saturated rings. The van der Waals surface area contributed by atoms with Crippen LogP contribution in [0.3, 0.4) is 0 Å². The lowest BCUT2D eigenvalue weighted by Gasteiger charge is -2.15. The van der Waals surface area contributed by atoms with Crippen LogP contribution in [0.2, 0.25) is 0 Å². The van der Waals surface area contributed by atoms with Crippen LogP contribution in [-0.4, -0.2) is 29.8 Å². The molecule has 1 aromatic heterocycles. The van der Waals surface area contributed by atoms with E-state index in [2.05, 4.69) is 15.5 Å². The molecule has 0 unspecified atom stereocenters. The van der Waals surface area contributed by atoms with E-state index in [9.17, 15) is 4.79 Å². The fourth-order valence-corrected chi connectivity index (χ4v) is 2.69. The lowest BCUT2D eigenvalue weighted by Crippen LogP contribution is -2.31. The van der Waals surface area contributed by atoms with Crippen molar-refractivity contribution in [2.24, 2.45) is 0 Å². The van der Waals surface area contributed by atoms with Crippen molar-refractivity contribution < 1.29 is 18.8 Å². The third-order valence-electron chi connectivity index (χ3n) is 4.42. The molecular formula is C22H25N3O4. The van der Waals surface area contributed by atoms with Gasteiger partial charge in [0, 0.05) is 11.5 Å². The Morgan fingerprint density at radius 3 is 2.28 bits per heavy atom. The Kier molecular flexibility index (Phi) is 6.49. The molecule has 1 amide bonds. The first-order chi connectivity index (χ1) is 14.0. The van der Waals surface area contributed by atoms with Crippen LogP contribution < -0.4 is 14.8 Å². The summed E-state index contributed by atoms with van der Waals surface area (Å²) in [6.45, 7) is 5.86. The van der Waals surface area contributed by atoms with Crippen LogP contribution >= 0.6 is 0 Å². The highest BCUT2D eigenvalue weighted by Crippen LogP contribution is 2.23. The van der Waals surface area contributed by atoms with Gasteiger partial charge in [-0.1, -0.05) is 31.1 Å². The van der Waals surface area contributed by atoms with E-state index in [0.29, 0.717) is 17.5 Å². The zero-order chi connectivity index (χ0) is 20.8. The summed E-state index contributed by atoms with van der Waals surface area (Å²) in [5.74, 6) is 2.50. The van der Waals surface area contributed by atoms with Gasteiger partial charge in [-0.3, -0.25) is 4.79 Å². The monoisotopic (exact) mass is 395 g/mol. The lowest BCUT2D eigenvalue weighted by molar-refractivity contribution is -0.123. The summed E-state index contributed by atoms with van der Waals surface area (Å²) in [7, 11) is 1.62. The number of rotatable bonds is 8. The Bertz CT molecular complexity index is 933. The van der Waals surface area contributed by atoms with E-state index in [0.717, 1.165) is 16.9 Å². The van der Waals surface area contributed by atoms with Crippen LogP contribution in [0.1, 0.15) is 44.1 Å². The van der Waals surface area contributed by atoms with Crippen LogP contribution in [0.25, 0.3) is 11.5 Å². The summed E-state index contributed by atoms with van der Waals surface area (Å²) >= 11 is 0. The molecule has 0 aliphatic heterocycles. The van der Waals surface area contributed by atoms with Gasteiger partial charge >= 0.3 is 0 Å². The first-order valence-electron chi connectivity index (χ1n) is 9.46. The second-order valence-electron chi connectivity index (χ2n) is 6.99. The standard InChI is InChI=1S/C22H25N3O4/c1-14(2)21-24-22(29-25-21)17-7-11-19(12-8-17)28-13-20(26)23-15(3)16-5-9-18(27-4)10-6-16/h5-12,14-15H,13H2,1-4H3,(H,23,26)/t15-/m1/s1. The number of carbonyl (C=O) groups excluding carboxylic acids is 1. The van der Waals surface area contributed by atoms with Crippen LogP contribution in [0, 0.1) is 0 Å². The highest BCUT2D eigenvalue weighted by Gasteiger charge is 2.13. The van der Waals surface area contributed by atoms with Gasteiger partial charge in [-0.05, 0) is 48.9 Å². The SMILES string of the molecule is COc1ccc([C@@H](C)NC(=O)COc2ccc(-c3nc(C(C)C)no3)cc2)cc1. The molecular weight excluding hydrogens is 370 g/mol. The van der Waals surface area contributed by atoms with Gasteiger partial charge in [-0.2, -0.15) is 4.98 Å². The molecule has 0 radical (unpaired) electrons. The van der Waals surface area contributed by atoms with Crippen LogP contribution in [0.15, 0.2) is 53.1 Å². The van der Waals surface area contributed by atoms with E-state index >= 15 is 0 Å². The minimum atomic E-state index is -0.198. The highest BCUT2D eigenvalue weighted by atomic mass is 16.5. The largest absolute Gasteiger partial charge is 0.497 e. The van der Waals surface area contributed by atoms with Crippen molar-refractivity contribution in [1.82, 2.24) is 15.5 Å². The highest BCUT2D eigenvalue weighted by molar-refractivity contribution is 5.78. The molecule has 0 aliphatic rings. The Morgan fingerprint density at radius 2 is 1.69 bits per heavy atom. The molecule has 0 bridgehead atoms. The number of hydrogen-bond acceptors (Lipinski definition) is 6. The van der Waals surface area contributed by atoms with Gasteiger partial charge < -0.3 is 19.3 Å². The average molecular weight is 395 g/mol. The summed E-state index contributed by atoms with van der Waals surface area (Å²) in [5.41, 5.74) is 1.79. The number of hydrogen-bond donors (Lipinski definition) is 1. The number of aromatic nitrogens is 2. The van der Waals surface area contributed by atoms with Gasteiger partial charge in [-0.15, -0.1) is 0 Å². The van der Waals surface area contributed by atoms with Crippen LogP contribution in [0.4, 0.5) is 0 Å². The summed E-state index contributed by atoms with van der Waals surface area (Å²) in [5, 5.41) is 6.88. The van der Waals surface area contributed by atoms with Crippen LogP contribution in [-0.2, 0) is 4.79 Å². The van der Waals surface area contributed by atoms with E-state index in [1.165, 1.54) is 0 Å². The van der Waals surface area contributed by atoms with Crippen molar-refractivity contribution in [3.8, 4) is 23.0 Å². The predicted molar refractivity (Wildman–Crippen MR) is 109 cm³/mol. The van der Waals surface area contributed by atoms with E-state index in [-0.39, 0.29) is 24.5 Å². The first-order valence-corrected chi connectivity index (χ1v) is 9.46. The second-order valence-corrected chi connectivity index (χ2v) is 6.99. The van der Waals surface area contributed by atoms with Crippen molar-refractivity contribution in [1.29, 1.82) is 0 Å². The molecule has 2 aromatic carbocycles. The Morgan fingerprint density at radius 1 is 1.03 bits per heavy atom. The minimum Gasteiger partial charge on any atom is -0.497 e. The van der Waals surface area contributed by atoms with E-state index in [1.54, 1.807) is 19.2 Å². The zero-order valence-corrected chi connectivity index (χ0v) is 17.0. The normalized spacial score (nSPS) is 11.9. The van der Waals surface area contributed by atoms with Gasteiger partial charge in [0.15, 0.2) is 12.4 Å². The fraction of sp³-hybridized carbons (Fsp3) is 0.318. The quantitative estimate of drug-likeness (QED) is 0.617. The zero-order valence-electron chi connectivity index (χ0n) is 17.0. The molecule has 1 N–H and O–H groups in total. The topological polar surface area (TPSA) is 86.5 Å². The number of nitrogens with zero attached hydrogens (tertiary/aromatic N) is 2. The van der Waals surface area contributed by atoms with Crippen molar-refractivity contribution >= 4 is 5.91 Å². The van der Waals surface area contributed by atoms with E-state index < -0.39 is 0 Å². The molecule has 29 heavy (non-hydrogen) atoms. The van der Waals surface area contributed by atoms with Gasteiger partial charge in [0.2, 0.25) is 0 Å². The van der Waals surface area contributed by atoms with E-state index in [1.807, 2.05) is 57.2 Å². The smallest absolute Gasteiger partial charge is 0.258 e. The Balaban J connectivity index is 1.51. The molecule has 0 aliphatic carbocycles. The van der Waals surface area contributed by atoms with Crippen molar-refractivity contribution in [3.63, 3.8) is 0 Å². The predicted octanol–water partition coefficient (Wildman–Crippen LogP) is 4.12. The second kappa shape index (κ2) is 9.23. The van der Waals surface area contributed by atoms with Gasteiger partial charge in [0.25, 0.3) is 11.8 Å². The molecule has 7 nitrogen and oxygen atoms in total. The molecule has 7 heteroatoms. The van der Waals surface area contributed by atoms with Gasteiger partial charge in [0.1, 0.15) is 11.5 Å². The molecule has 152 valence electrons. The molecule has 1 heterocycles. The third kappa shape index (κ3) is 5.34. The summed E-state index contributed by atoms with van der Waals surface area (Å²) in [6.07, 6.45) is 0. The first kappa shape index (κ1) is 20.4. The van der Waals surface area contributed by atoms with Crippen molar-refractivity contribution in [2.45, 2.75) is 32.7 Å². The number of carbonyl (C=O) groups is 1. The fourth-order valence-electron chi connectivity index (χ4n) is 2.69. The molecule has 3 aromatic rings. The molecule has 1 atom stereocenters. The summed E-state index contributed by atoms with van der Waals surface area (Å²) in [4.78, 5) is 16.5. The van der Waals surface area contributed by atoms with Crippen LogP contribution in [0.5, 0.6) is 11.5 Å². The number of ether oxygens (including phenoxy) is 2. The number of nitrogens with one attached hydrogen (secondary N) is 1. The number of amides is 1. The molecule has 0 saturated heterocycles. The summed E-state index contributed by atoms with van der Waals surface area (Å²) in [6, 6.07) is 14.6. The maximum Gasteiger partial charge on any atom is 0.258 e. The molecule has 0 saturated carbocycles. The minimum absolute atomic E-state index is 0.0715. The van der Waals surface area contributed by atoms with Gasteiger partial charge in [0.05, 0.1) is 13.2 Å². The maximum absolute atomic E-state index is 12.2. The lowest BCUT2D eigenvalue weighted by atomic mass is 10.1. The third-order valence-corrected chi connectivity index (χ3v) is 4.42. The Hall–Kier alpha value is -3.35. The molecule has 3 rings (SSSR count). The maximum atomic E-state index is 12.2. The number of benzene rings is 2. The van der Waals surface area contributed by atoms with Crippen molar-refractivity contribution in [3.05, 3.63) is 59.9 Å². The Labute approximate surface area is 170 Å². The van der Waals surface area contributed by atoms with Gasteiger partial charge in [-0.25, -0.2) is 0 Å².